The second kappa shape index (κ2) is 8.27. The molecule has 0 aliphatic carbocycles. The molecule has 0 aromatic heterocycles. The van der Waals surface area contributed by atoms with Crippen molar-refractivity contribution in [1.82, 2.24) is 5.43 Å². The number of esters is 1. The molecule has 0 aliphatic heterocycles. The topological polar surface area (TPSA) is 62.7 Å². The number of carbonyl (C=O) groups is 1. The molecule has 0 saturated carbocycles. The van der Waals surface area contributed by atoms with Gasteiger partial charge < -0.3 is 10.1 Å². The summed E-state index contributed by atoms with van der Waals surface area (Å²) in [5.74, 6) is -0.467. The van der Waals surface area contributed by atoms with Crippen molar-refractivity contribution < 1.29 is 9.53 Å². The average molecular weight is 293 g/mol. The van der Waals surface area contributed by atoms with Crippen molar-refractivity contribution >= 4 is 34.7 Å². The number of nitrogens with zero attached hydrogens (tertiary/aromatic N) is 1. The van der Waals surface area contributed by atoms with Crippen LogP contribution in [0.3, 0.4) is 0 Å². The summed E-state index contributed by atoms with van der Waals surface area (Å²) in [6, 6.07) is 9.57. The monoisotopic (exact) mass is 293 g/mol. The van der Waals surface area contributed by atoms with E-state index in [-0.39, 0.29) is 11.9 Å². The predicted molar refractivity (Wildman–Crippen MR) is 84.7 cm³/mol. The molecule has 0 amide bonds. The number of ether oxygens (including phenoxy) is 1. The predicted octanol–water partition coefficient (Wildman–Crippen LogP) is 2.55. The van der Waals surface area contributed by atoms with Crippen LogP contribution >= 0.6 is 12.2 Å². The largest absolute Gasteiger partial charge is 0.469 e. The van der Waals surface area contributed by atoms with Gasteiger partial charge in [0, 0.05) is 17.8 Å². The lowest BCUT2D eigenvalue weighted by molar-refractivity contribution is -0.144. The van der Waals surface area contributed by atoms with Crippen LogP contribution in [0.5, 0.6) is 0 Å². The van der Waals surface area contributed by atoms with E-state index < -0.39 is 0 Å². The van der Waals surface area contributed by atoms with Gasteiger partial charge in [0.15, 0.2) is 5.11 Å². The highest BCUT2D eigenvalue weighted by Gasteiger charge is 2.13. The Morgan fingerprint density at radius 1 is 1.40 bits per heavy atom. The van der Waals surface area contributed by atoms with Gasteiger partial charge in [-0.15, -0.1) is 0 Å². The van der Waals surface area contributed by atoms with Gasteiger partial charge in [-0.25, -0.2) is 0 Å². The molecule has 0 spiro atoms. The minimum Gasteiger partial charge on any atom is -0.469 e. The summed E-state index contributed by atoms with van der Waals surface area (Å²) in [4.78, 5) is 11.3. The first-order chi connectivity index (χ1) is 9.52. The molecule has 108 valence electrons. The Morgan fingerprint density at radius 3 is 2.65 bits per heavy atom. The van der Waals surface area contributed by atoms with Crippen LogP contribution in [0.25, 0.3) is 0 Å². The van der Waals surface area contributed by atoms with E-state index in [1.807, 2.05) is 37.3 Å². The number of benzene rings is 1. The highest BCUT2D eigenvalue weighted by Crippen LogP contribution is 2.06. The fraction of sp³-hybridized carbons (Fsp3) is 0.357. The lowest BCUT2D eigenvalue weighted by Gasteiger charge is -2.10. The van der Waals surface area contributed by atoms with Gasteiger partial charge >= 0.3 is 5.97 Å². The van der Waals surface area contributed by atoms with E-state index in [9.17, 15) is 4.79 Å². The minimum absolute atomic E-state index is 0.221. The Kier molecular flexibility index (Phi) is 6.66. The molecule has 1 aromatic carbocycles. The third-order valence-electron chi connectivity index (χ3n) is 2.59. The van der Waals surface area contributed by atoms with E-state index in [0.717, 1.165) is 11.4 Å². The fourth-order valence-corrected chi connectivity index (χ4v) is 1.76. The van der Waals surface area contributed by atoms with E-state index >= 15 is 0 Å². The number of nitrogens with one attached hydrogen (secondary N) is 2. The third-order valence-corrected chi connectivity index (χ3v) is 2.78. The van der Waals surface area contributed by atoms with Crippen LogP contribution in [0.1, 0.15) is 20.3 Å². The summed E-state index contributed by atoms with van der Waals surface area (Å²) in [5, 5.41) is 7.54. The van der Waals surface area contributed by atoms with Crippen LogP contribution in [-0.4, -0.2) is 23.9 Å². The maximum atomic E-state index is 11.3. The van der Waals surface area contributed by atoms with Crippen molar-refractivity contribution in [3.8, 4) is 0 Å². The number of carbonyl (C=O) groups excluding carboxylic acids is 1. The number of methoxy groups -OCH3 is 1. The molecule has 1 atom stereocenters. The number of thiocarbonyl (C=S) groups is 1. The fourth-order valence-electron chi connectivity index (χ4n) is 1.60. The maximum Gasteiger partial charge on any atom is 0.308 e. The summed E-state index contributed by atoms with van der Waals surface area (Å²) >= 11 is 5.12. The Labute approximate surface area is 124 Å². The summed E-state index contributed by atoms with van der Waals surface area (Å²) in [5.41, 5.74) is 4.42. The highest BCUT2D eigenvalue weighted by atomic mass is 32.1. The van der Waals surface area contributed by atoms with Gasteiger partial charge in [-0.05, 0) is 31.3 Å². The zero-order valence-corrected chi connectivity index (χ0v) is 12.7. The molecule has 0 radical (unpaired) electrons. The molecular formula is C14H19N3O2S. The molecule has 0 saturated heterocycles. The van der Waals surface area contributed by atoms with Crippen LogP contribution < -0.4 is 10.7 Å². The van der Waals surface area contributed by atoms with Crippen LogP contribution in [-0.2, 0) is 9.53 Å². The molecule has 0 heterocycles. The summed E-state index contributed by atoms with van der Waals surface area (Å²) in [7, 11) is 1.38. The van der Waals surface area contributed by atoms with Gasteiger partial charge in [-0.1, -0.05) is 25.1 Å². The van der Waals surface area contributed by atoms with E-state index in [4.69, 9.17) is 12.2 Å². The quantitative estimate of drug-likeness (QED) is 0.378. The lowest BCUT2D eigenvalue weighted by atomic mass is 10.1. The Morgan fingerprint density at radius 2 is 2.05 bits per heavy atom. The number of anilines is 1. The van der Waals surface area contributed by atoms with E-state index in [2.05, 4.69) is 20.6 Å². The number of rotatable bonds is 5. The molecule has 0 fully saturated rings. The van der Waals surface area contributed by atoms with Crippen molar-refractivity contribution in [2.24, 2.45) is 11.0 Å². The van der Waals surface area contributed by atoms with Crippen molar-refractivity contribution in [2.75, 3.05) is 12.4 Å². The summed E-state index contributed by atoms with van der Waals surface area (Å²) in [6.45, 7) is 3.63. The molecule has 5 nitrogen and oxygen atoms in total. The molecule has 1 unspecified atom stereocenters. The molecule has 2 N–H and O–H groups in total. The standard InChI is InChI=1S/C14H19N3O2S/c1-10(13(18)19-3)9-11(2)16-17-14(20)15-12-7-5-4-6-8-12/h4-8,10H,9H2,1-3H3,(H2,15,17,20). The number of hydrogen-bond donors (Lipinski definition) is 2. The number of hydrazone groups is 1. The molecule has 0 bridgehead atoms. The second-order valence-electron chi connectivity index (χ2n) is 4.41. The molecule has 1 aromatic rings. The van der Waals surface area contributed by atoms with Gasteiger partial charge in [0.25, 0.3) is 0 Å². The summed E-state index contributed by atoms with van der Waals surface area (Å²) in [6.07, 6.45) is 0.521. The Bertz CT molecular complexity index is 488. The third kappa shape index (κ3) is 5.79. The minimum atomic E-state index is -0.246. The lowest BCUT2D eigenvalue weighted by Crippen LogP contribution is -2.25. The number of hydrogen-bond acceptors (Lipinski definition) is 4. The smallest absolute Gasteiger partial charge is 0.308 e. The van der Waals surface area contributed by atoms with Gasteiger partial charge in [-0.2, -0.15) is 5.10 Å². The normalized spacial score (nSPS) is 12.4. The van der Waals surface area contributed by atoms with Crippen molar-refractivity contribution in [3.63, 3.8) is 0 Å². The van der Waals surface area contributed by atoms with Crippen molar-refractivity contribution in [3.05, 3.63) is 30.3 Å². The highest BCUT2D eigenvalue weighted by molar-refractivity contribution is 7.80. The van der Waals surface area contributed by atoms with Gasteiger partial charge in [-0.3, -0.25) is 10.2 Å². The van der Waals surface area contributed by atoms with Crippen LogP contribution in [0, 0.1) is 5.92 Å². The van der Waals surface area contributed by atoms with E-state index in [1.165, 1.54) is 7.11 Å². The molecular weight excluding hydrogens is 274 g/mol. The van der Waals surface area contributed by atoms with Crippen LogP contribution in [0.15, 0.2) is 35.4 Å². The molecule has 1 rings (SSSR count). The van der Waals surface area contributed by atoms with Gasteiger partial charge in [0.1, 0.15) is 0 Å². The van der Waals surface area contributed by atoms with E-state index in [0.29, 0.717) is 11.5 Å². The van der Waals surface area contributed by atoms with Gasteiger partial charge in [0.2, 0.25) is 0 Å². The summed E-state index contributed by atoms with van der Waals surface area (Å²) < 4.78 is 4.67. The van der Waals surface area contributed by atoms with Gasteiger partial charge in [0.05, 0.1) is 13.0 Å². The zero-order valence-electron chi connectivity index (χ0n) is 11.8. The van der Waals surface area contributed by atoms with Crippen molar-refractivity contribution in [1.29, 1.82) is 0 Å². The Balaban J connectivity index is 2.42. The first kappa shape index (κ1) is 16.1. The average Bonchev–Trinajstić information content (AvgIpc) is 2.45. The number of para-hydroxylation sites is 1. The van der Waals surface area contributed by atoms with Crippen molar-refractivity contribution in [2.45, 2.75) is 20.3 Å². The first-order valence-corrected chi connectivity index (χ1v) is 6.66. The molecule has 6 heteroatoms. The second-order valence-corrected chi connectivity index (χ2v) is 4.82. The first-order valence-electron chi connectivity index (χ1n) is 6.26. The molecule has 20 heavy (non-hydrogen) atoms. The SMILES string of the molecule is COC(=O)C(C)CC(C)=NNC(=S)Nc1ccccc1. The van der Waals surface area contributed by atoms with E-state index in [1.54, 1.807) is 6.92 Å². The maximum absolute atomic E-state index is 11.3. The van der Waals surface area contributed by atoms with Crippen LogP contribution in [0.4, 0.5) is 5.69 Å². The molecule has 0 aliphatic rings. The van der Waals surface area contributed by atoms with Crippen LogP contribution in [0.2, 0.25) is 0 Å². The Hall–Kier alpha value is -1.95. The zero-order chi connectivity index (χ0) is 15.0.